The van der Waals surface area contributed by atoms with Crippen LogP contribution in [0.25, 0.3) is 0 Å². The Bertz CT molecular complexity index is 601. The number of benzene rings is 1. The van der Waals surface area contributed by atoms with E-state index in [-0.39, 0.29) is 11.8 Å². The highest BCUT2D eigenvalue weighted by molar-refractivity contribution is 6.07. The van der Waals surface area contributed by atoms with E-state index in [0.717, 1.165) is 24.1 Å². The predicted octanol–water partition coefficient (Wildman–Crippen LogP) is 2.57. The van der Waals surface area contributed by atoms with Crippen LogP contribution in [0.4, 0.5) is 5.69 Å². The summed E-state index contributed by atoms with van der Waals surface area (Å²) in [5.41, 5.74) is 1.74. The number of nitrogens with zero attached hydrogens (tertiary/aromatic N) is 2. The summed E-state index contributed by atoms with van der Waals surface area (Å²) in [4.78, 5) is 28.8. The molecule has 4 nitrogen and oxygen atoms in total. The first-order valence-corrected chi connectivity index (χ1v) is 8.11. The van der Waals surface area contributed by atoms with E-state index in [1.165, 1.54) is 0 Å². The maximum Gasteiger partial charge on any atom is 0.237 e. The molecule has 2 heterocycles. The van der Waals surface area contributed by atoms with Gasteiger partial charge in [-0.15, -0.1) is 0 Å². The minimum absolute atomic E-state index is 0.185. The summed E-state index contributed by atoms with van der Waals surface area (Å²) in [6, 6.07) is 8.06. The van der Waals surface area contributed by atoms with Crippen molar-refractivity contribution in [3.63, 3.8) is 0 Å². The summed E-state index contributed by atoms with van der Waals surface area (Å²) in [5.74, 6) is 0.782. The first-order valence-electron chi connectivity index (χ1n) is 8.11. The van der Waals surface area contributed by atoms with Crippen molar-refractivity contribution in [3.05, 3.63) is 29.8 Å². The van der Waals surface area contributed by atoms with Gasteiger partial charge in [-0.3, -0.25) is 9.59 Å². The number of piperidine rings is 1. The molecule has 2 amide bonds. The number of para-hydroxylation sites is 1. The third-order valence-electron chi connectivity index (χ3n) is 5.05. The number of hydrogen-bond donors (Lipinski definition) is 0. The van der Waals surface area contributed by atoms with E-state index in [2.05, 4.69) is 19.9 Å². The fourth-order valence-corrected chi connectivity index (χ4v) is 3.82. The van der Waals surface area contributed by atoms with Crippen LogP contribution in [0.3, 0.4) is 0 Å². The molecule has 0 saturated carbocycles. The van der Waals surface area contributed by atoms with Crippen molar-refractivity contribution in [3.8, 4) is 0 Å². The van der Waals surface area contributed by atoms with Crippen molar-refractivity contribution in [2.45, 2.75) is 38.5 Å². The second kappa shape index (κ2) is 5.41. The number of carbonyl (C=O) groups is 2. The lowest BCUT2D eigenvalue weighted by Gasteiger charge is -2.38. The summed E-state index contributed by atoms with van der Waals surface area (Å²) < 4.78 is 0. The fourth-order valence-electron chi connectivity index (χ4n) is 3.82. The molecule has 3 rings (SSSR count). The molecule has 0 radical (unpaired) electrons. The molecule has 0 atom stereocenters. The molecule has 1 saturated heterocycles. The van der Waals surface area contributed by atoms with Crippen molar-refractivity contribution in [2.75, 3.05) is 25.0 Å². The van der Waals surface area contributed by atoms with E-state index in [1.807, 2.05) is 30.1 Å². The molecule has 0 bridgehead atoms. The van der Waals surface area contributed by atoms with Crippen LogP contribution in [0.5, 0.6) is 0 Å². The van der Waals surface area contributed by atoms with Crippen molar-refractivity contribution in [2.24, 2.45) is 5.92 Å². The Labute approximate surface area is 132 Å². The van der Waals surface area contributed by atoms with Crippen LogP contribution in [-0.4, -0.2) is 36.9 Å². The van der Waals surface area contributed by atoms with Gasteiger partial charge in [-0.2, -0.15) is 0 Å². The van der Waals surface area contributed by atoms with Crippen molar-refractivity contribution in [1.82, 2.24) is 4.90 Å². The highest BCUT2D eigenvalue weighted by Crippen LogP contribution is 2.47. The molecule has 0 aromatic heterocycles. The molecule has 1 fully saturated rings. The number of amides is 2. The normalized spacial score (nSPS) is 19.9. The van der Waals surface area contributed by atoms with Gasteiger partial charge in [-0.05, 0) is 30.4 Å². The van der Waals surface area contributed by atoms with Gasteiger partial charge in [0.2, 0.25) is 11.8 Å². The lowest BCUT2D eigenvalue weighted by atomic mass is 9.73. The molecule has 0 unspecified atom stereocenters. The van der Waals surface area contributed by atoms with Gasteiger partial charge in [0.25, 0.3) is 0 Å². The van der Waals surface area contributed by atoms with Crippen molar-refractivity contribution >= 4 is 17.5 Å². The quantitative estimate of drug-likeness (QED) is 0.842. The zero-order valence-corrected chi connectivity index (χ0v) is 13.6. The number of fused-ring (bicyclic) bond motifs is 2. The highest BCUT2D eigenvalue weighted by atomic mass is 16.2. The van der Waals surface area contributed by atoms with Gasteiger partial charge < -0.3 is 9.80 Å². The average Bonchev–Trinajstić information content (AvgIpc) is 2.71. The predicted molar refractivity (Wildman–Crippen MR) is 86.8 cm³/mol. The summed E-state index contributed by atoms with van der Waals surface area (Å²) >= 11 is 0. The Morgan fingerprint density at radius 2 is 1.86 bits per heavy atom. The van der Waals surface area contributed by atoms with Gasteiger partial charge >= 0.3 is 0 Å². The van der Waals surface area contributed by atoms with Gasteiger partial charge in [0, 0.05) is 32.2 Å². The van der Waals surface area contributed by atoms with Crippen LogP contribution >= 0.6 is 0 Å². The van der Waals surface area contributed by atoms with Crippen molar-refractivity contribution < 1.29 is 9.59 Å². The van der Waals surface area contributed by atoms with Crippen LogP contribution in [-0.2, 0) is 15.0 Å². The average molecular weight is 300 g/mol. The van der Waals surface area contributed by atoms with E-state index in [0.29, 0.717) is 25.4 Å². The van der Waals surface area contributed by atoms with Crippen LogP contribution in [0, 0.1) is 5.92 Å². The number of likely N-dealkylation sites (N-methyl/N-ethyl adjacent to an activating group) is 1. The molecule has 4 heteroatoms. The van der Waals surface area contributed by atoms with E-state index in [1.54, 1.807) is 4.90 Å². The Kier molecular flexibility index (Phi) is 3.71. The SMILES string of the molecule is CC(C)CC(=O)N1CCC2(CC1)C(=O)N(C)c1ccccc12. The van der Waals surface area contributed by atoms with Gasteiger partial charge in [-0.25, -0.2) is 0 Å². The third-order valence-corrected chi connectivity index (χ3v) is 5.05. The second-order valence-electron chi connectivity index (χ2n) is 6.94. The number of anilines is 1. The molecular weight excluding hydrogens is 276 g/mol. The van der Waals surface area contributed by atoms with Gasteiger partial charge in [0.1, 0.15) is 0 Å². The monoisotopic (exact) mass is 300 g/mol. The fraction of sp³-hybridized carbons (Fsp3) is 0.556. The Morgan fingerprint density at radius 1 is 1.23 bits per heavy atom. The van der Waals surface area contributed by atoms with Crippen molar-refractivity contribution in [1.29, 1.82) is 0 Å². The summed E-state index contributed by atoms with van der Waals surface area (Å²) in [5, 5.41) is 0. The van der Waals surface area contributed by atoms with Crippen LogP contribution in [0.15, 0.2) is 24.3 Å². The lowest BCUT2D eigenvalue weighted by Crippen LogP contribution is -2.49. The second-order valence-corrected chi connectivity index (χ2v) is 6.94. The van der Waals surface area contributed by atoms with Crippen LogP contribution < -0.4 is 4.90 Å². The standard InChI is InChI=1S/C18H24N2O2/c1-13(2)12-16(21)20-10-8-18(9-11-20)14-6-4-5-7-15(14)19(3)17(18)22/h4-7,13H,8-12H2,1-3H3. The molecule has 1 aromatic carbocycles. The van der Waals surface area contributed by atoms with Gasteiger partial charge in [-0.1, -0.05) is 32.0 Å². The maximum absolute atomic E-state index is 12.8. The Balaban J connectivity index is 1.81. The van der Waals surface area contributed by atoms with Crippen LogP contribution in [0.1, 0.15) is 38.7 Å². The largest absolute Gasteiger partial charge is 0.343 e. The highest BCUT2D eigenvalue weighted by Gasteiger charge is 2.51. The smallest absolute Gasteiger partial charge is 0.237 e. The number of hydrogen-bond acceptors (Lipinski definition) is 2. The molecule has 0 N–H and O–H groups in total. The molecule has 2 aliphatic heterocycles. The Hall–Kier alpha value is -1.84. The number of rotatable bonds is 2. The maximum atomic E-state index is 12.8. The van der Waals surface area contributed by atoms with E-state index in [9.17, 15) is 9.59 Å². The Morgan fingerprint density at radius 3 is 2.50 bits per heavy atom. The molecular formula is C18H24N2O2. The summed E-state index contributed by atoms with van der Waals surface area (Å²) in [7, 11) is 1.85. The topological polar surface area (TPSA) is 40.6 Å². The lowest BCUT2D eigenvalue weighted by molar-refractivity contribution is -0.136. The molecule has 118 valence electrons. The van der Waals surface area contributed by atoms with E-state index < -0.39 is 5.41 Å². The summed E-state index contributed by atoms with van der Waals surface area (Å²) in [6.45, 7) is 5.49. The molecule has 1 aromatic rings. The zero-order valence-electron chi connectivity index (χ0n) is 13.6. The minimum atomic E-state index is -0.417. The van der Waals surface area contributed by atoms with Gasteiger partial charge in [0.15, 0.2) is 0 Å². The first-order chi connectivity index (χ1) is 10.5. The minimum Gasteiger partial charge on any atom is -0.343 e. The molecule has 2 aliphatic rings. The summed E-state index contributed by atoms with van der Waals surface area (Å²) in [6.07, 6.45) is 2.06. The third kappa shape index (κ3) is 2.21. The molecule has 22 heavy (non-hydrogen) atoms. The van der Waals surface area contributed by atoms with Gasteiger partial charge in [0.05, 0.1) is 5.41 Å². The zero-order chi connectivity index (χ0) is 15.9. The van der Waals surface area contributed by atoms with E-state index >= 15 is 0 Å². The first kappa shape index (κ1) is 15.1. The number of likely N-dealkylation sites (tertiary alicyclic amines) is 1. The number of carbonyl (C=O) groups excluding carboxylic acids is 2. The molecule has 1 spiro atoms. The molecule has 0 aliphatic carbocycles. The van der Waals surface area contributed by atoms with Crippen LogP contribution in [0.2, 0.25) is 0 Å². The van der Waals surface area contributed by atoms with E-state index in [4.69, 9.17) is 0 Å².